The van der Waals surface area contributed by atoms with Crippen LogP contribution in [0.1, 0.15) is 0 Å². The Kier molecular flexibility index (Phi) is 2.49. The second-order valence-corrected chi connectivity index (χ2v) is 4.05. The number of benzene rings is 2. The smallest absolute Gasteiger partial charge is 0.225 e. The first-order valence-corrected chi connectivity index (χ1v) is 5.59. The number of fused-ring (bicyclic) bond motifs is 1. The van der Waals surface area contributed by atoms with Gasteiger partial charge in [0, 0.05) is 0 Å². The third kappa shape index (κ3) is 2.03. The van der Waals surface area contributed by atoms with Crippen molar-refractivity contribution in [3.05, 3.63) is 42.2 Å². The summed E-state index contributed by atoms with van der Waals surface area (Å²) in [6.07, 6.45) is 0. The molecule has 2 aromatic carbocycles. The molecule has 0 bridgehead atoms. The second kappa shape index (κ2) is 4.16. The van der Waals surface area contributed by atoms with Crippen LogP contribution in [-0.2, 0) is 0 Å². The number of hydrogen-bond acceptors (Lipinski definition) is 5. The van der Waals surface area contributed by atoms with Crippen molar-refractivity contribution in [1.82, 2.24) is 15.0 Å². The Morgan fingerprint density at radius 3 is 2.05 bits per heavy atom. The molecule has 0 saturated carbocycles. The summed E-state index contributed by atoms with van der Waals surface area (Å²) < 4.78 is 14.1. The minimum atomic E-state index is -0.427. The van der Waals surface area contributed by atoms with Crippen molar-refractivity contribution in [2.75, 3.05) is 11.5 Å². The quantitative estimate of drug-likeness (QED) is 0.694. The van der Waals surface area contributed by atoms with Crippen molar-refractivity contribution in [3.8, 4) is 11.4 Å². The lowest BCUT2D eigenvalue weighted by atomic mass is 10.1. The Morgan fingerprint density at radius 2 is 1.42 bits per heavy atom. The van der Waals surface area contributed by atoms with Crippen LogP contribution in [-0.4, -0.2) is 15.0 Å². The molecule has 0 saturated heterocycles. The summed E-state index contributed by atoms with van der Waals surface area (Å²) >= 11 is 0. The molecule has 0 radical (unpaired) electrons. The molecule has 5 nitrogen and oxygen atoms in total. The van der Waals surface area contributed by atoms with E-state index >= 15 is 0 Å². The lowest BCUT2D eigenvalue weighted by molar-refractivity contribution is 0.632. The van der Waals surface area contributed by atoms with Gasteiger partial charge in [0.15, 0.2) is 5.82 Å². The van der Waals surface area contributed by atoms with Gasteiger partial charge in [-0.25, -0.2) is 4.39 Å². The summed E-state index contributed by atoms with van der Waals surface area (Å²) in [4.78, 5) is 11.5. The van der Waals surface area contributed by atoms with Crippen molar-refractivity contribution < 1.29 is 4.39 Å². The van der Waals surface area contributed by atoms with Gasteiger partial charge >= 0.3 is 0 Å². The predicted octanol–water partition coefficient (Wildman–Crippen LogP) is 2.00. The number of nitrogens with two attached hydrogens (primary N) is 2. The first-order valence-electron chi connectivity index (χ1n) is 5.59. The number of rotatable bonds is 1. The summed E-state index contributed by atoms with van der Waals surface area (Å²) in [5, 5.41) is 1.69. The molecule has 6 heteroatoms. The zero-order chi connectivity index (χ0) is 13.4. The number of anilines is 2. The van der Waals surface area contributed by atoms with Gasteiger partial charge in [-0.1, -0.05) is 24.3 Å². The molecular weight excluding hydrogens is 245 g/mol. The maximum absolute atomic E-state index is 14.1. The average molecular weight is 255 g/mol. The minimum absolute atomic E-state index is 0.0324. The number of hydrogen-bond donors (Lipinski definition) is 2. The fourth-order valence-corrected chi connectivity index (χ4v) is 1.91. The van der Waals surface area contributed by atoms with Crippen LogP contribution in [0.15, 0.2) is 36.4 Å². The normalized spacial score (nSPS) is 10.8. The molecule has 94 valence electrons. The lowest BCUT2D eigenvalue weighted by Gasteiger charge is -2.05. The Bertz CT molecular complexity index is 752. The van der Waals surface area contributed by atoms with E-state index in [0.717, 1.165) is 10.8 Å². The molecule has 1 aromatic heterocycles. The Hall–Kier alpha value is -2.76. The molecule has 0 aliphatic heterocycles. The summed E-state index contributed by atoms with van der Waals surface area (Å²) in [6.45, 7) is 0. The molecular formula is C13H10FN5. The van der Waals surface area contributed by atoms with Crippen LogP contribution in [0.4, 0.5) is 16.3 Å². The molecule has 19 heavy (non-hydrogen) atoms. The standard InChI is InChI=1S/C13H10FN5/c14-10-6-8-4-2-1-3-7(8)5-9(10)11-17-12(15)19-13(16)18-11/h1-6H,(H4,15,16,17,18,19). The summed E-state index contributed by atoms with van der Waals surface area (Å²) in [5.41, 5.74) is 11.2. The van der Waals surface area contributed by atoms with Gasteiger partial charge in [0.05, 0.1) is 5.56 Å². The summed E-state index contributed by atoms with van der Waals surface area (Å²) in [7, 11) is 0. The molecule has 0 spiro atoms. The highest BCUT2D eigenvalue weighted by atomic mass is 19.1. The van der Waals surface area contributed by atoms with Crippen molar-refractivity contribution in [2.24, 2.45) is 0 Å². The fraction of sp³-hybridized carbons (Fsp3) is 0. The predicted molar refractivity (Wildman–Crippen MR) is 71.6 cm³/mol. The lowest BCUT2D eigenvalue weighted by Crippen LogP contribution is -2.05. The molecule has 0 amide bonds. The molecule has 1 heterocycles. The number of nitrogens with zero attached hydrogens (tertiary/aromatic N) is 3. The minimum Gasteiger partial charge on any atom is -0.368 e. The second-order valence-electron chi connectivity index (χ2n) is 4.05. The van der Waals surface area contributed by atoms with Crippen molar-refractivity contribution in [1.29, 1.82) is 0 Å². The highest BCUT2D eigenvalue weighted by molar-refractivity contribution is 5.86. The van der Waals surface area contributed by atoms with Gasteiger partial charge < -0.3 is 11.5 Å². The van der Waals surface area contributed by atoms with Gasteiger partial charge in [-0.05, 0) is 22.9 Å². The largest absolute Gasteiger partial charge is 0.368 e. The van der Waals surface area contributed by atoms with Crippen LogP contribution in [0.3, 0.4) is 0 Å². The van der Waals surface area contributed by atoms with Gasteiger partial charge in [0.2, 0.25) is 11.9 Å². The molecule has 0 aliphatic carbocycles. The van der Waals surface area contributed by atoms with Crippen LogP contribution in [0.5, 0.6) is 0 Å². The molecule has 4 N–H and O–H groups in total. The monoisotopic (exact) mass is 255 g/mol. The van der Waals surface area contributed by atoms with Gasteiger partial charge in [-0.2, -0.15) is 15.0 Å². The van der Waals surface area contributed by atoms with Gasteiger partial charge in [0.25, 0.3) is 0 Å². The van der Waals surface area contributed by atoms with E-state index in [4.69, 9.17) is 11.5 Å². The maximum atomic E-state index is 14.1. The zero-order valence-corrected chi connectivity index (χ0v) is 9.84. The third-order valence-electron chi connectivity index (χ3n) is 2.75. The van der Waals surface area contributed by atoms with Crippen molar-refractivity contribution in [3.63, 3.8) is 0 Å². The molecule has 3 rings (SSSR count). The van der Waals surface area contributed by atoms with E-state index in [-0.39, 0.29) is 23.3 Å². The van der Waals surface area contributed by atoms with E-state index in [1.807, 2.05) is 24.3 Å². The van der Waals surface area contributed by atoms with E-state index in [9.17, 15) is 4.39 Å². The molecule has 0 atom stereocenters. The average Bonchev–Trinajstić information content (AvgIpc) is 2.36. The van der Waals surface area contributed by atoms with E-state index < -0.39 is 5.82 Å². The molecule has 0 unspecified atom stereocenters. The van der Waals surface area contributed by atoms with Crippen LogP contribution in [0.2, 0.25) is 0 Å². The number of aromatic nitrogens is 3. The summed E-state index contributed by atoms with van der Waals surface area (Å²) in [5.74, 6) is -0.359. The van der Waals surface area contributed by atoms with Crippen molar-refractivity contribution >= 4 is 22.7 Å². The first kappa shape index (κ1) is 11.3. The van der Waals surface area contributed by atoms with Crippen molar-refractivity contribution in [2.45, 2.75) is 0 Å². The maximum Gasteiger partial charge on any atom is 0.225 e. The Labute approximate surface area is 108 Å². The first-order chi connectivity index (χ1) is 9.13. The fourth-order valence-electron chi connectivity index (χ4n) is 1.91. The van der Waals surface area contributed by atoms with Gasteiger partial charge in [-0.15, -0.1) is 0 Å². The van der Waals surface area contributed by atoms with E-state index in [1.54, 1.807) is 6.07 Å². The number of nitrogen functional groups attached to an aromatic ring is 2. The molecule has 0 aliphatic rings. The Morgan fingerprint density at radius 1 is 0.842 bits per heavy atom. The van der Waals surface area contributed by atoms with Gasteiger partial charge in [-0.3, -0.25) is 0 Å². The topological polar surface area (TPSA) is 90.7 Å². The van der Waals surface area contributed by atoms with Crippen LogP contribution in [0, 0.1) is 5.82 Å². The van der Waals surface area contributed by atoms with Crippen LogP contribution < -0.4 is 11.5 Å². The highest BCUT2D eigenvalue weighted by Gasteiger charge is 2.11. The summed E-state index contributed by atoms with van der Waals surface area (Å²) in [6, 6.07) is 10.5. The third-order valence-corrected chi connectivity index (χ3v) is 2.75. The Balaban J connectivity index is 2.26. The highest BCUT2D eigenvalue weighted by Crippen LogP contribution is 2.25. The molecule has 0 fully saturated rings. The van der Waals surface area contributed by atoms with Crippen LogP contribution >= 0.6 is 0 Å². The van der Waals surface area contributed by atoms with Gasteiger partial charge in [0.1, 0.15) is 5.82 Å². The SMILES string of the molecule is Nc1nc(N)nc(-c2cc3ccccc3cc2F)n1. The molecule has 3 aromatic rings. The van der Waals surface area contributed by atoms with Crippen LogP contribution in [0.25, 0.3) is 22.2 Å². The van der Waals surface area contributed by atoms with E-state index in [2.05, 4.69) is 15.0 Å². The van der Waals surface area contributed by atoms with E-state index in [1.165, 1.54) is 6.07 Å². The zero-order valence-electron chi connectivity index (χ0n) is 9.84. The number of halogens is 1. The van der Waals surface area contributed by atoms with E-state index in [0.29, 0.717) is 0 Å².